The fraction of sp³-hybridized carbons (Fsp3) is 0. The Labute approximate surface area is 692 Å². The van der Waals surface area contributed by atoms with Crippen molar-refractivity contribution < 1.29 is 0 Å². The molecule has 0 aromatic carbocycles. The Kier molecular flexibility index (Phi) is 118. The molecular formula is S80. The van der Waals surface area contributed by atoms with Gasteiger partial charge in [0.2, 0.25) is 0 Å². The van der Waals surface area contributed by atoms with Crippen molar-refractivity contribution in [3.8, 4) is 0 Å². The average molecular weight is 2570 g/mol. The average Bonchev–Trinajstić information content (AvgIpc) is 3.47. The third kappa shape index (κ3) is 95.6. The van der Waals surface area contributed by atoms with Gasteiger partial charge in [0.15, 0.2) is 0 Å². The van der Waals surface area contributed by atoms with Gasteiger partial charge in [0.25, 0.3) is 0 Å². The van der Waals surface area contributed by atoms with E-state index in [-0.39, 0.29) is 0 Å². The second kappa shape index (κ2) is 96.6. The van der Waals surface area contributed by atoms with Crippen LogP contribution in [0.15, 0.2) is 0 Å². The van der Waals surface area contributed by atoms with Gasteiger partial charge in [0.1, 0.15) is 0 Å². The SMILES string of the molecule is S=S=S=S=S=S=S=S=S=S=S=S=S=S=S=S=S=S=S=S=S=S=S=S=S=S=S=S=S=S=S=S=S=S=S=S=S=S=S=S=S=S=S=S=S=S=S=S=S=S=S=S=S=S=S=S=S=S=S=S=S=S=S=S=S=S=S=S=S=S=S=S=S=S=S=S=S=S=S=S. The minimum atomic E-state index is 1.37. The molecule has 0 aliphatic heterocycles. The van der Waals surface area contributed by atoms with Crippen molar-refractivity contribution in [1.82, 2.24) is 0 Å². The smallest absolute Gasteiger partial charge is 0 e. The number of hydrogen-bond donors (Lipinski definition) is 0. The van der Waals surface area contributed by atoms with E-state index in [0.29, 0.717) is 0 Å². The van der Waals surface area contributed by atoms with Crippen LogP contribution in [0.4, 0.5) is 0 Å². The Morgan fingerprint density at radius 1 is 0.0625 bits per heavy atom. The molecule has 0 aromatic heterocycles. The quantitative estimate of drug-likeness (QED) is 0.331. The Balaban J connectivity index is 6.16. The molecule has 0 fully saturated rings. The van der Waals surface area contributed by atoms with Gasteiger partial charge in [-0.05, 0) is 0 Å². The van der Waals surface area contributed by atoms with E-state index in [4.69, 9.17) is 22.4 Å². The lowest BCUT2D eigenvalue weighted by Crippen LogP contribution is -1.41. The molecule has 0 nitrogen and oxygen atoms in total. The standard InChI is InChI=1S/S80/c1-3-5-7-9-11-13-15-17-19-21-23-25-27-29-31-33-35-37-39-41-43-45-47-49-51-53-55-57-59-61-63-65-67-69-71-73-75-77-79-80-78-76-74-72-70-68-66-64-62-60-58-56-54-52-50-48-46-44-42-40-38-36-34-32-30-28-26-24-22-20-18-16-14-12-10-8-6-4-2. The third-order valence-electron chi connectivity index (χ3n) is 2.14. The van der Waals surface area contributed by atoms with Crippen LogP contribution in [-0.2, 0) is 715 Å². The molecule has 0 atom stereocenters. The molecule has 0 aliphatic carbocycles. The van der Waals surface area contributed by atoms with E-state index in [1.807, 2.05) is 568 Å². The van der Waals surface area contributed by atoms with E-state index in [1.54, 1.807) is 107 Å². The van der Waals surface area contributed by atoms with Gasteiger partial charge in [-0.1, -0.05) is 0 Å². The Hall–Kier alpha value is 17.6. The maximum atomic E-state index is 4.83. The van der Waals surface area contributed by atoms with Crippen molar-refractivity contribution in [3.05, 3.63) is 0 Å². The molecule has 80 heteroatoms. The summed E-state index contributed by atoms with van der Waals surface area (Å²) in [5.74, 6) is 0. The first kappa shape index (κ1) is 97.6. The zero-order valence-corrected chi connectivity index (χ0v) is 98.0. The van der Waals surface area contributed by atoms with Crippen LogP contribution in [0.3, 0.4) is 0 Å². The highest BCUT2D eigenvalue weighted by Gasteiger charge is 1.49. The number of rotatable bonds is 0. The Bertz CT molecular complexity index is 5720. The van der Waals surface area contributed by atoms with E-state index in [0.717, 1.165) is 0 Å². The van der Waals surface area contributed by atoms with Crippen LogP contribution in [0.1, 0.15) is 0 Å². The first-order chi connectivity index (χ1) is 39.9. The van der Waals surface area contributed by atoms with Gasteiger partial charge in [-0.3, -0.25) is 0 Å². The molecule has 0 aromatic rings. The van der Waals surface area contributed by atoms with Crippen molar-refractivity contribution in [3.63, 3.8) is 0 Å². The van der Waals surface area contributed by atoms with Crippen molar-refractivity contribution in [2.24, 2.45) is 0 Å². The second-order valence-corrected chi connectivity index (χ2v) is 143. The zero-order chi connectivity index (χ0) is 57.2. The molecule has 0 amide bonds. The van der Waals surface area contributed by atoms with Gasteiger partial charge in [0.05, 0.1) is 0 Å². The van der Waals surface area contributed by atoms with Gasteiger partial charge in [-0.25, -0.2) is 0 Å². The minimum absolute atomic E-state index is 1.37. The molecule has 0 radical (unpaired) electrons. The van der Waals surface area contributed by atoms with Gasteiger partial charge in [-0.15, -0.1) is 0 Å². The maximum Gasteiger partial charge on any atom is 0 e. The molecule has 0 bridgehead atoms. The van der Waals surface area contributed by atoms with Gasteiger partial charge < -0.3 is 0 Å². The normalized spacial score (nSPS) is 7.85. The molecule has 0 aliphatic rings. The van der Waals surface area contributed by atoms with Crippen LogP contribution in [0.25, 0.3) is 0 Å². The second-order valence-electron chi connectivity index (χ2n) is 5.31. The fourth-order valence-corrected chi connectivity index (χ4v) is 209. The highest BCUT2D eigenvalue weighted by atomic mass is 33.6. The Morgan fingerprint density at radius 2 is 0.100 bits per heavy atom. The molecular weight excluding hydrogens is 2570 g/mol. The van der Waals surface area contributed by atoms with E-state index in [1.165, 1.54) is 17.8 Å². The van der Waals surface area contributed by atoms with Gasteiger partial charge >= 0.3 is 0 Å². The van der Waals surface area contributed by atoms with Crippen LogP contribution in [0.2, 0.25) is 0 Å². The number of hydrogen-bond acceptors (Lipinski definition) is 2. The predicted octanol–water partition coefficient (Wildman–Crippen LogP) is -0.192. The van der Waals surface area contributed by atoms with E-state index in [9.17, 15) is 0 Å². The summed E-state index contributed by atoms with van der Waals surface area (Å²) in [7, 11) is 141. The van der Waals surface area contributed by atoms with E-state index in [2.05, 4.69) is 0 Å². The van der Waals surface area contributed by atoms with Crippen molar-refractivity contribution in [1.29, 1.82) is 0 Å². The molecule has 0 rings (SSSR count). The summed E-state index contributed by atoms with van der Waals surface area (Å²) in [6.07, 6.45) is 0. The topological polar surface area (TPSA) is 0 Å². The molecule has 0 heterocycles. The Morgan fingerprint density at radius 3 is 0.138 bits per heavy atom. The highest BCUT2D eigenvalue weighted by Crippen LogP contribution is 1.48. The van der Waals surface area contributed by atoms with Gasteiger partial charge in [-0.2, -0.15) is 0 Å². The largest absolute Gasteiger partial charge is 0 e. The highest BCUT2D eigenvalue weighted by molar-refractivity contribution is 8.85. The first-order valence-corrected chi connectivity index (χ1v) is 118. The van der Waals surface area contributed by atoms with Crippen LogP contribution in [0, 0.1) is 0 Å². The minimum Gasteiger partial charge on any atom is 0 e. The van der Waals surface area contributed by atoms with Gasteiger partial charge in [0, 0.05) is 715 Å². The molecule has 0 N–H and O–H groups in total. The maximum absolute atomic E-state index is 4.83. The summed E-state index contributed by atoms with van der Waals surface area (Å²) in [4.78, 5) is 0. The summed E-state index contributed by atoms with van der Waals surface area (Å²) in [6.45, 7) is 0. The third-order valence-corrected chi connectivity index (χ3v) is 173. The first-order valence-electron chi connectivity index (χ1n) is 13.2. The fourth-order valence-electron chi connectivity index (χ4n) is 0.862. The molecule has 0 saturated carbocycles. The molecule has 480 valence electrons. The molecule has 80 heavy (non-hydrogen) atoms. The summed E-state index contributed by atoms with van der Waals surface area (Å²) >= 11 is 9.65. The molecule has 0 spiro atoms. The molecule has 0 unspecified atom stereocenters. The predicted molar refractivity (Wildman–Crippen MR) is 589 cm³/mol. The molecule has 0 saturated heterocycles. The lowest BCUT2D eigenvalue weighted by molar-refractivity contribution is 5.95. The van der Waals surface area contributed by atoms with Crippen LogP contribution < -0.4 is 0 Å². The lowest BCUT2D eigenvalue weighted by atomic mass is 30.7. The zero-order valence-electron chi connectivity index (χ0n) is 32.7. The van der Waals surface area contributed by atoms with Crippen LogP contribution in [0.5, 0.6) is 0 Å². The summed E-state index contributed by atoms with van der Waals surface area (Å²) < 4.78 is 0. The van der Waals surface area contributed by atoms with Crippen molar-refractivity contribution in [2.45, 2.75) is 0 Å². The van der Waals surface area contributed by atoms with Crippen molar-refractivity contribution >= 4 is 715 Å². The van der Waals surface area contributed by atoms with Crippen molar-refractivity contribution in [2.75, 3.05) is 0 Å². The lowest BCUT2D eigenvalue weighted by Gasteiger charge is -1.41. The monoisotopic (exact) mass is 2560 g/mol. The summed E-state index contributed by atoms with van der Waals surface area (Å²) in [5, 5.41) is 0. The van der Waals surface area contributed by atoms with E-state index >= 15 is 0 Å². The van der Waals surface area contributed by atoms with Crippen LogP contribution >= 0.6 is 0 Å². The van der Waals surface area contributed by atoms with Crippen LogP contribution in [-0.4, -0.2) is 0 Å². The summed E-state index contributed by atoms with van der Waals surface area (Å²) in [6, 6.07) is 0. The summed E-state index contributed by atoms with van der Waals surface area (Å²) in [5.41, 5.74) is 0. The van der Waals surface area contributed by atoms with E-state index < -0.39 is 0 Å².